The Morgan fingerprint density at radius 3 is 2.82 bits per heavy atom. The second-order valence-corrected chi connectivity index (χ2v) is 2.96. The minimum atomic E-state index is -0.0926. The van der Waals surface area contributed by atoms with Crippen LogP contribution >= 0.6 is 0 Å². The van der Waals surface area contributed by atoms with Crippen LogP contribution in [-0.2, 0) is 9.63 Å². The van der Waals surface area contributed by atoms with Gasteiger partial charge in [-0.15, -0.1) is 0 Å². The van der Waals surface area contributed by atoms with Gasteiger partial charge in [0.25, 0.3) is 0 Å². The fourth-order valence-electron chi connectivity index (χ4n) is 1.07. The maximum Gasteiger partial charge on any atom is 0.132 e. The Balaban J connectivity index is 2.60. The first kappa shape index (κ1) is 8.27. The lowest BCUT2D eigenvalue weighted by molar-refractivity contribution is -0.112. The third-order valence-corrected chi connectivity index (χ3v) is 1.77. The van der Waals surface area contributed by atoms with Gasteiger partial charge >= 0.3 is 0 Å². The zero-order chi connectivity index (χ0) is 8.27. The van der Waals surface area contributed by atoms with E-state index < -0.39 is 0 Å². The Kier molecular flexibility index (Phi) is 2.65. The zero-order valence-electron chi connectivity index (χ0n) is 6.83. The summed E-state index contributed by atoms with van der Waals surface area (Å²) in [7, 11) is 0. The van der Waals surface area contributed by atoms with Crippen LogP contribution in [-0.4, -0.2) is 12.8 Å². The number of allylic oxidation sites excluding steroid dienone is 1. The highest BCUT2D eigenvalue weighted by atomic mass is 16.7. The average Bonchev–Trinajstić information content (AvgIpc) is 2.40. The Morgan fingerprint density at radius 1 is 1.73 bits per heavy atom. The van der Waals surface area contributed by atoms with Crippen molar-refractivity contribution < 1.29 is 9.63 Å². The highest BCUT2D eigenvalue weighted by Gasteiger charge is 2.21. The molecule has 1 aliphatic rings. The number of rotatable bonds is 3. The number of hydrogen-bond donors (Lipinski definition) is 1. The van der Waals surface area contributed by atoms with Crippen molar-refractivity contribution in [2.24, 2.45) is 11.8 Å². The molecular weight excluding hydrogens is 142 g/mol. The van der Waals surface area contributed by atoms with Gasteiger partial charge in [-0.3, -0.25) is 0 Å². The van der Waals surface area contributed by atoms with Crippen molar-refractivity contribution in [3.05, 3.63) is 11.8 Å². The van der Waals surface area contributed by atoms with Gasteiger partial charge in [0.2, 0.25) is 0 Å². The molecule has 1 N–H and O–H groups in total. The number of hydroxylamine groups is 1. The van der Waals surface area contributed by atoms with E-state index in [1.54, 1.807) is 0 Å². The van der Waals surface area contributed by atoms with Gasteiger partial charge in [-0.1, -0.05) is 13.8 Å². The predicted octanol–water partition coefficient (Wildman–Crippen LogP) is 0.876. The minimum Gasteiger partial charge on any atom is -0.412 e. The molecule has 1 unspecified atom stereocenters. The third kappa shape index (κ3) is 1.80. The number of hydrogen-bond acceptors (Lipinski definition) is 3. The standard InChI is InChI=1S/C8H13NO2/c1-6(2)7(5-10)8-3-4-9-11-8/h3,5-7,9H,4H2,1-2H3. The van der Waals surface area contributed by atoms with Gasteiger partial charge in [-0.05, 0) is 12.0 Å². The second-order valence-electron chi connectivity index (χ2n) is 2.96. The first-order valence-corrected chi connectivity index (χ1v) is 3.80. The Bertz CT molecular complexity index is 175. The molecule has 3 nitrogen and oxygen atoms in total. The largest absolute Gasteiger partial charge is 0.412 e. The Hall–Kier alpha value is -0.830. The molecule has 0 fully saturated rings. The Morgan fingerprint density at radius 2 is 2.45 bits per heavy atom. The van der Waals surface area contributed by atoms with Crippen LogP contribution in [0.25, 0.3) is 0 Å². The molecule has 3 heteroatoms. The lowest BCUT2D eigenvalue weighted by Gasteiger charge is -2.13. The molecule has 0 saturated heterocycles. The second kappa shape index (κ2) is 3.53. The molecule has 62 valence electrons. The van der Waals surface area contributed by atoms with Crippen molar-refractivity contribution in [2.75, 3.05) is 6.54 Å². The fraction of sp³-hybridized carbons (Fsp3) is 0.625. The minimum absolute atomic E-state index is 0.0926. The lowest BCUT2D eigenvalue weighted by atomic mass is 9.95. The van der Waals surface area contributed by atoms with Crippen molar-refractivity contribution in [2.45, 2.75) is 13.8 Å². The lowest BCUT2D eigenvalue weighted by Crippen LogP contribution is -2.16. The molecular formula is C8H13NO2. The van der Waals surface area contributed by atoms with E-state index in [4.69, 9.17) is 4.84 Å². The van der Waals surface area contributed by atoms with Crippen LogP contribution in [0, 0.1) is 11.8 Å². The van der Waals surface area contributed by atoms with Crippen molar-refractivity contribution in [1.29, 1.82) is 0 Å². The van der Waals surface area contributed by atoms with E-state index >= 15 is 0 Å². The summed E-state index contributed by atoms with van der Waals surface area (Å²) in [6, 6.07) is 0. The van der Waals surface area contributed by atoms with Crippen LogP contribution < -0.4 is 5.48 Å². The monoisotopic (exact) mass is 155 g/mol. The zero-order valence-corrected chi connectivity index (χ0v) is 6.83. The molecule has 1 heterocycles. The summed E-state index contributed by atoms with van der Waals surface area (Å²) >= 11 is 0. The Labute approximate surface area is 66.4 Å². The summed E-state index contributed by atoms with van der Waals surface area (Å²) in [6.07, 6.45) is 2.84. The molecule has 0 amide bonds. The van der Waals surface area contributed by atoms with Crippen LogP contribution in [0.15, 0.2) is 11.8 Å². The van der Waals surface area contributed by atoms with E-state index in [9.17, 15) is 4.79 Å². The fourth-order valence-corrected chi connectivity index (χ4v) is 1.07. The third-order valence-electron chi connectivity index (χ3n) is 1.77. The van der Waals surface area contributed by atoms with Crippen LogP contribution in [0.2, 0.25) is 0 Å². The highest BCUT2D eigenvalue weighted by molar-refractivity contribution is 5.58. The number of nitrogens with one attached hydrogen (secondary N) is 1. The van der Waals surface area contributed by atoms with E-state index in [1.165, 1.54) is 0 Å². The summed E-state index contributed by atoms with van der Waals surface area (Å²) in [5.41, 5.74) is 2.69. The van der Waals surface area contributed by atoms with Gasteiger partial charge < -0.3 is 9.63 Å². The van der Waals surface area contributed by atoms with Crippen LogP contribution in [0.5, 0.6) is 0 Å². The summed E-state index contributed by atoms with van der Waals surface area (Å²) in [5.74, 6) is 0.971. The van der Waals surface area contributed by atoms with Gasteiger partial charge in [0.15, 0.2) is 0 Å². The smallest absolute Gasteiger partial charge is 0.132 e. The summed E-state index contributed by atoms with van der Waals surface area (Å²) in [4.78, 5) is 15.6. The van der Waals surface area contributed by atoms with E-state index in [1.807, 2.05) is 19.9 Å². The molecule has 0 aromatic heterocycles. The molecule has 0 bridgehead atoms. The van der Waals surface area contributed by atoms with E-state index in [2.05, 4.69) is 5.48 Å². The summed E-state index contributed by atoms with van der Waals surface area (Å²) in [6.45, 7) is 4.70. The van der Waals surface area contributed by atoms with Crippen molar-refractivity contribution in [3.8, 4) is 0 Å². The van der Waals surface area contributed by atoms with E-state index in [0.717, 1.165) is 12.0 Å². The van der Waals surface area contributed by atoms with Crippen molar-refractivity contribution in [1.82, 2.24) is 5.48 Å². The quantitative estimate of drug-likeness (QED) is 0.615. The van der Waals surface area contributed by atoms with Crippen LogP contribution in [0.4, 0.5) is 0 Å². The average molecular weight is 155 g/mol. The van der Waals surface area contributed by atoms with Crippen molar-refractivity contribution >= 4 is 6.29 Å². The van der Waals surface area contributed by atoms with Crippen LogP contribution in [0.3, 0.4) is 0 Å². The number of carbonyl (C=O) groups is 1. The molecule has 0 spiro atoms. The predicted molar refractivity (Wildman–Crippen MR) is 41.6 cm³/mol. The number of aldehydes is 1. The topological polar surface area (TPSA) is 38.3 Å². The summed E-state index contributed by atoms with van der Waals surface area (Å²) in [5, 5.41) is 0. The SMILES string of the molecule is CC(C)C(C=O)C1=CCNO1. The van der Waals surface area contributed by atoms with Crippen LogP contribution in [0.1, 0.15) is 13.8 Å². The molecule has 0 saturated carbocycles. The van der Waals surface area contributed by atoms with E-state index in [0.29, 0.717) is 12.5 Å². The molecule has 0 aromatic carbocycles. The van der Waals surface area contributed by atoms with Crippen molar-refractivity contribution in [3.63, 3.8) is 0 Å². The molecule has 0 aromatic rings. The molecule has 0 radical (unpaired) electrons. The highest BCUT2D eigenvalue weighted by Crippen LogP contribution is 2.20. The molecule has 1 rings (SSSR count). The van der Waals surface area contributed by atoms with Gasteiger partial charge in [0.05, 0.1) is 12.5 Å². The number of carbonyl (C=O) groups excluding carboxylic acids is 1. The van der Waals surface area contributed by atoms with Gasteiger partial charge in [0, 0.05) is 0 Å². The maximum absolute atomic E-state index is 10.6. The maximum atomic E-state index is 10.6. The van der Waals surface area contributed by atoms with Gasteiger partial charge in [-0.2, -0.15) is 5.48 Å². The molecule has 11 heavy (non-hydrogen) atoms. The summed E-state index contributed by atoms with van der Waals surface area (Å²) < 4.78 is 0. The molecule has 0 aliphatic carbocycles. The first-order chi connectivity index (χ1) is 5.25. The first-order valence-electron chi connectivity index (χ1n) is 3.80. The van der Waals surface area contributed by atoms with E-state index in [-0.39, 0.29) is 5.92 Å². The molecule has 1 aliphatic heterocycles. The van der Waals surface area contributed by atoms with Gasteiger partial charge in [0.1, 0.15) is 12.0 Å². The van der Waals surface area contributed by atoms with Gasteiger partial charge in [-0.25, -0.2) is 0 Å². The molecule has 1 atom stereocenters. The normalized spacial score (nSPS) is 19.4.